The van der Waals surface area contributed by atoms with Gasteiger partial charge in [-0.3, -0.25) is 14.6 Å². The normalized spacial score (nSPS) is 28.3. The second-order valence-corrected chi connectivity index (χ2v) is 9.89. The van der Waals surface area contributed by atoms with E-state index in [4.69, 9.17) is 0 Å². The number of fused-ring (bicyclic) bond motifs is 4. The Labute approximate surface area is 189 Å². The number of piperidine rings is 4. The monoisotopic (exact) mass is 439 g/mol. The number of urea groups is 1. The number of amides is 4. The minimum absolute atomic E-state index is 0.0385. The van der Waals surface area contributed by atoms with Crippen LogP contribution in [0.25, 0.3) is 0 Å². The smallest absolute Gasteiger partial charge is 0.320 e. The molecule has 1 aromatic heterocycles. The fourth-order valence-electron chi connectivity index (χ4n) is 6.13. The van der Waals surface area contributed by atoms with Crippen molar-refractivity contribution in [3.63, 3.8) is 0 Å². The Bertz CT molecular complexity index is 854. The highest BCUT2D eigenvalue weighted by atomic mass is 16.2. The van der Waals surface area contributed by atoms with Crippen molar-refractivity contribution in [2.75, 3.05) is 32.7 Å². The summed E-state index contributed by atoms with van der Waals surface area (Å²) in [6.07, 6.45) is 8.74. The first kappa shape index (κ1) is 21.2. The fourth-order valence-corrected chi connectivity index (χ4v) is 6.13. The van der Waals surface area contributed by atoms with E-state index in [1.54, 1.807) is 12.4 Å². The Morgan fingerprint density at radius 3 is 2.59 bits per heavy atom. The van der Waals surface area contributed by atoms with Gasteiger partial charge in [-0.25, -0.2) is 4.79 Å². The SMILES string of the molecule is O=C(NCc1ccncc1)C1CCN(C(=O)N2CC3CC(C2)[C@H]2CCCC(=O)N2C3)CC1. The van der Waals surface area contributed by atoms with Gasteiger partial charge >= 0.3 is 6.03 Å². The first-order valence-electron chi connectivity index (χ1n) is 12.1. The topological polar surface area (TPSA) is 85.9 Å². The van der Waals surface area contributed by atoms with Crippen molar-refractivity contribution in [2.24, 2.45) is 17.8 Å². The molecule has 4 amide bonds. The summed E-state index contributed by atoms with van der Waals surface area (Å²) in [7, 11) is 0. The van der Waals surface area contributed by atoms with Crippen LogP contribution < -0.4 is 5.32 Å². The molecule has 8 heteroatoms. The van der Waals surface area contributed by atoms with Gasteiger partial charge in [0.2, 0.25) is 11.8 Å². The van der Waals surface area contributed by atoms with Gasteiger partial charge in [0.25, 0.3) is 0 Å². The van der Waals surface area contributed by atoms with Crippen molar-refractivity contribution >= 4 is 17.8 Å². The number of nitrogens with zero attached hydrogens (tertiary/aromatic N) is 4. The molecular weight excluding hydrogens is 406 g/mol. The zero-order valence-electron chi connectivity index (χ0n) is 18.6. The fraction of sp³-hybridized carbons (Fsp3) is 0.667. The summed E-state index contributed by atoms with van der Waals surface area (Å²) in [5, 5.41) is 3.02. The molecule has 32 heavy (non-hydrogen) atoms. The number of nitrogens with one attached hydrogen (secondary N) is 1. The molecule has 5 rings (SSSR count). The van der Waals surface area contributed by atoms with Crippen LogP contribution in [0.2, 0.25) is 0 Å². The lowest BCUT2D eigenvalue weighted by Gasteiger charge is -2.53. The predicted octanol–water partition coefficient (Wildman–Crippen LogP) is 1.86. The molecule has 0 spiro atoms. The molecule has 4 saturated heterocycles. The Balaban J connectivity index is 1.12. The molecule has 3 atom stereocenters. The van der Waals surface area contributed by atoms with Crippen LogP contribution in [0.15, 0.2) is 24.5 Å². The van der Waals surface area contributed by atoms with Crippen LogP contribution in [0.5, 0.6) is 0 Å². The second-order valence-electron chi connectivity index (χ2n) is 9.89. The number of hydrogen-bond acceptors (Lipinski definition) is 4. The Hall–Kier alpha value is -2.64. The number of rotatable bonds is 3. The molecule has 8 nitrogen and oxygen atoms in total. The molecule has 5 heterocycles. The summed E-state index contributed by atoms with van der Waals surface area (Å²) < 4.78 is 0. The number of aromatic nitrogens is 1. The quantitative estimate of drug-likeness (QED) is 0.779. The molecule has 2 unspecified atom stereocenters. The molecule has 0 saturated carbocycles. The van der Waals surface area contributed by atoms with Gasteiger partial charge in [-0.1, -0.05) is 0 Å². The molecule has 4 aliphatic rings. The highest BCUT2D eigenvalue weighted by Crippen LogP contribution is 2.38. The molecule has 4 aliphatic heterocycles. The van der Waals surface area contributed by atoms with E-state index >= 15 is 0 Å². The average molecular weight is 440 g/mol. The van der Waals surface area contributed by atoms with Crippen molar-refractivity contribution in [3.8, 4) is 0 Å². The van der Waals surface area contributed by atoms with E-state index in [1.807, 2.05) is 21.9 Å². The molecule has 0 aromatic carbocycles. The number of carbonyl (C=O) groups excluding carboxylic acids is 3. The van der Waals surface area contributed by atoms with Crippen LogP contribution in [0.4, 0.5) is 4.79 Å². The summed E-state index contributed by atoms with van der Waals surface area (Å²) in [6, 6.07) is 4.24. The summed E-state index contributed by atoms with van der Waals surface area (Å²) in [4.78, 5) is 48.2. The van der Waals surface area contributed by atoms with E-state index in [-0.39, 0.29) is 17.9 Å². The maximum Gasteiger partial charge on any atom is 0.320 e. The van der Waals surface area contributed by atoms with Gasteiger partial charge in [0.15, 0.2) is 0 Å². The largest absolute Gasteiger partial charge is 0.352 e. The van der Waals surface area contributed by atoms with Gasteiger partial charge in [-0.2, -0.15) is 0 Å². The van der Waals surface area contributed by atoms with Crippen molar-refractivity contribution in [2.45, 2.75) is 51.1 Å². The summed E-state index contributed by atoms with van der Waals surface area (Å²) in [5.41, 5.74) is 1.04. The Morgan fingerprint density at radius 1 is 1.03 bits per heavy atom. The summed E-state index contributed by atoms with van der Waals surface area (Å²) in [5.74, 6) is 1.15. The number of hydrogen-bond donors (Lipinski definition) is 1. The lowest BCUT2D eigenvalue weighted by molar-refractivity contribution is -0.144. The number of carbonyl (C=O) groups is 3. The van der Waals surface area contributed by atoms with Crippen molar-refractivity contribution in [1.82, 2.24) is 25.0 Å². The van der Waals surface area contributed by atoms with Gasteiger partial charge in [0.1, 0.15) is 0 Å². The van der Waals surface area contributed by atoms with Gasteiger partial charge in [-0.05, 0) is 61.6 Å². The maximum absolute atomic E-state index is 13.3. The minimum Gasteiger partial charge on any atom is -0.352 e. The Morgan fingerprint density at radius 2 is 1.81 bits per heavy atom. The molecule has 1 N–H and O–H groups in total. The molecular formula is C24H33N5O3. The van der Waals surface area contributed by atoms with E-state index in [0.29, 0.717) is 62.7 Å². The zero-order valence-corrected chi connectivity index (χ0v) is 18.6. The molecule has 1 aromatic rings. The van der Waals surface area contributed by atoms with E-state index in [0.717, 1.165) is 44.5 Å². The third kappa shape index (κ3) is 4.32. The number of pyridine rings is 1. The highest BCUT2D eigenvalue weighted by Gasteiger charge is 2.45. The molecule has 4 fully saturated rings. The zero-order chi connectivity index (χ0) is 22.1. The maximum atomic E-state index is 13.3. The van der Waals surface area contributed by atoms with Gasteiger partial charge in [0.05, 0.1) is 0 Å². The van der Waals surface area contributed by atoms with Crippen molar-refractivity contribution in [1.29, 1.82) is 0 Å². The standard InChI is InChI=1S/C24H33N5O3/c30-22-3-1-2-21-20-12-18(15-29(21)22)14-28(16-20)24(32)27-10-6-19(7-11-27)23(31)26-13-17-4-8-25-9-5-17/h4-5,8-9,18-21H,1-3,6-7,10-16H2,(H,26,31)/t18?,20?,21-/m1/s1. The average Bonchev–Trinajstić information content (AvgIpc) is 2.83. The van der Waals surface area contributed by atoms with Gasteiger partial charge in [-0.15, -0.1) is 0 Å². The molecule has 0 aliphatic carbocycles. The Kier molecular flexibility index (Phi) is 6.02. The van der Waals surface area contributed by atoms with E-state index in [1.165, 1.54) is 0 Å². The van der Waals surface area contributed by atoms with Gasteiger partial charge in [0, 0.05) is 70.0 Å². The highest BCUT2D eigenvalue weighted by molar-refractivity contribution is 5.80. The minimum atomic E-state index is -0.0385. The van der Waals surface area contributed by atoms with E-state index < -0.39 is 0 Å². The van der Waals surface area contributed by atoms with E-state index in [2.05, 4.69) is 15.2 Å². The van der Waals surface area contributed by atoms with Gasteiger partial charge < -0.3 is 20.0 Å². The first-order valence-corrected chi connectivity index (χ1v) is 12.1. The third-order valence-corrected chi connectivity index (χ3v) is 7.80. The third-order valence-electron chi connectivity index (χ3n) is 7.80. The molecule has 0 radical (unpaired) electrons. The van der Waals surface area contributed by atoms with Crippen LogP contribution in [0.1, 0.15) is 44.1 Å². The molecule has 2 bridgehead atoms. The van der Waals surface area contributed by atoms with Crippen LogP contribution in [-0.2, 0) is 16.1 Å². The lowest BCUT2D eigenvalue weighted by atomic mass is 9.76. The lowest BCUT2D eigenvalue weighted by Crippen LogP contribution is -2.62. The van der Waals surface area contributed by atoms with Crippen LogP contribution in [-0.4, -0.2) is 76.3 Å². The second kappa shape index (κ2) is 9.08. The van der Waals surface area contributed by atoms with E-state index in [9.17, 15) is 14.4 Å². The van der Waals surface area contributed by atoms with Crippen LogP contribution in [0, 0.1) is 17.8 Å². The summed E-state index contributed by atoms with van der Waals surface area (Å²) >= 11 is 0. The van der Waals surface area contributed by atoms with Crippen molar-refractivity contribution < 1.29 is 14.4 Å². The van der Waals surface area contributed by atoms with Crippen LogP contribution >= 0.6 is 0 Å². The van der Waals surface area contributed by atoms with Crippen molar-refractivity contribution in [3.05, 3.63) is 30.1 Å². The summed E-state index contributed by atoms with van der Waals surface area (Å²) in [6.45, 7) is 4.09. The predicted molar refractivity (Wildman–Crippen MR) is 118 cm³/mol. The first-order chi connectivity index (χ1) is 15.6. The van der Waals surface area contributed by atoms with Crippen LogP contribution in [0.3, 0.4) is 0 Å². The molecule has 172 valence electrons. The number of likely N-dealkylation sites (tertiary alicyclic amines) is 2.